The zero-order chi connectivity index (χ0) is 7.40. The Hall–Kier alpha value is -0.635. The molecule has 1 radical (unpaired) electrons. The Balaban J connectivity index is 2.31. The van der Waals surface area contributed by atoms with Gasteiger partial charge in [0.1, 0.15) is 5.78 Å². The van der Waals surface area contributed by atoms with Crippen LogP contribution in [0.1, 0.15) is 12.8 Å². The van der Waals surface area contributed by atoms with Gasteiger partial charge in [-0.15, -0.1) is 0 Å². The Morgan fingerprint density at radius 1 is 1.60 bits per heavy atom. The molecule has 53 valence electrons. The number of carbonyl (C=O) groups excluding carboxylic acids is 2. The number of Topliss-reactive ketones (excluding diaryl/α,β-unsaturated/α-hetero) is 1. The van der Waals surface area contributed by atoms with Gasteiger partial charge in [0.2, 0.25) is 0 Å². The molecule has 0 saturated carbocycles. The van der Waals surface area contributed by atoms with Gasteiger partial charge in [0, 0.05) is 13.0 Å². The fraction of sp³-hybridized carbons (Fsp3) is 0.667. The second kappa shape index (κ2) is 3.51. The summed E-state index contributed by atoms with van der Waals surface area (Å²) in [4.78, 5) is 22.5. The van der Waals surface area contributed by atoms with E-state index in [-0.39, 0.29) is 5.78 Å². The van der Waals surface area contributed by atoms with Crippen LogP contribution in [-0.4, -0.2) is 37.3 Å². The molecule has 0 aliphatic carbocycles. The lowest BCUT2D eigenvalue weighted by atomic mass is 9.91. The van der Waals surface area contributed by atoms with Crippen LogP contribution in [0.4, 0.5) is 0 Å². The third-order valence-electron chi connectivity index (χ3n) is 1.55. The van der Waals surface area contributed by atoms with Crippen LogP contribution in [0.25, 0.3) is 0 Å². The van der Waals surface area contributed by atoms with Crippen molar-refractivity contribution >= 4 is 19.4 Å². The van der Waals surface area contributed by atoms with Gasteiger partial charge in [-0.05, 0) is 13.0 Å². The van der Waals surface area contributed by atoms with E-state index in [1.165, 1.54) is 7.41 Å². The van der Waals surface area contributed by atoms with Crippen LogP contribution in [0.15, 0.2) is 0 Å². The van der Waals surface area contributed by atoms with Crippen molar-refractivity contribution in [2.75, 3.05) is 13.1 Å². The van der Waals surface area contributed by atoms with E-state index >= 15 is 0 Å². The second-order valence-electron chi connectivity index (χ2n) is 2.40. The Morgan fingerprint density at radius 3 is 3.00 bits per heavy atom. The molecule has 0 bridgehead atoms. The summed E-state index contributed by atoms with van der Waals surface area (Å²) in [5.74, 6) is 0.226. The smallest absolute Gasteiger partial charge is 0.293 e. The number of ketones is 1. The van der Waals surface area contributed by atoms with Crippen molar-refractivity contribution in [3.05, 3.63) is 0 Å². The van der Waals surface area contributed by atoms with Crippen LogP contribution < -0.4 is 0 Å². The highest BCUT2D eigenvalue weighted by molar-refractivity contribution is 6.64. The maximum Gasteiger partial charge on any atom is 0.293 e. The maximum absolute atomic E-state index is 10.8. The van der Waals surface area contributed by atoms with E-state index in [2.05, 4.69) is 0 Å². The molecule has 0 spiro atoms. The lowest BCUT2D eigenvalue weighted by Gasteiger charge is -2.22. The van der Waals surface area contributed by atoms with E-state index in [1.807, 2.05) is 0 Å². The van der Waals surface area contributed by atoms with Crippen molar-refractivity contribution < 1.29 is 9.59 Å². The van der Waals surface area contributed by atoms with Crippen molar-refractivity contribution in [2.45, 2.75) is 12.8 Å². The van der Waals surface area contributed by atoms with E-state index in [9.17, 15) is 9.59 Å². The van der Waals surface area contributed by atoms with Gasteiger partial charge in [-0.1, -0.05) is 0 Å². The van der Waals surface area contributed by atoms with Gasteiger partial charge in [-0.25, -0.2) is 0 Å². The van der Waals surface area contributed by atoms with Gasteiger partial charge in [-0.2, -0.15) is 0 Å². The zero-order valence-electron chi connectivity index (χ0n) is 5.75. The number of hydrogen-bond acceptors (Lipinski definition) is 3. The molecule has 10 heavy (non-hydrogen) atoms. The minimum atomic E-state index is 0.226. The summed E-state index contributed by atoms with van der Waals surface area (Å²) in [5.41, 5.74) is 0. The predicted molar refractivity (Wildman–Crippen MR) is 38.3 cm³/mol. The van der Waals surface area contributed by atoms with Gasteiger partial charge in [0.25, 0.3) is 7.41 Å². The Morgan fingerprint density at radius 2 is 2.40 bits per heavy atom. The molecule has 0 atom stereocenters. The van der Waals surface area contributed by atoms with Crippen molar-refractivity contribution in [3.63, 3.8) is 0 Å². The molecule has 0 N–H and O–H groups in total. The largest absolute Gasteiger partial charge is 0.334 e. The Labute approximate surface area is 60.7 Å². The fourth-order valence-electron chi connectivity index (χ4n) is 1.08. The molecule has 1 fully saturated rings. The number of carbonyl (C=O) groups is 2. The summed E-state index contributed by atoms with van der Waals surface area (Å²) in [6.07, 6.45) is 2.27. The first kappa shape index (κ1) is 7.47. The van der Waals surface area contributed by atoms with Gasteiger partial charge >= 0.3 is 0 Å². The molecular weight excluding hydrogens is 129 g/mol. The molecule has 0 aromatic carbocycles. The van der Waals surface area contributed by atoms with Gasteiger partial charge < -0.3 is 9.61 Å². The van der Waals surface area contributed by atoms with Crippen molar-refractivity contribution in [1.29, 1.82) is 0 Å². The first-order valence-electron chi connectivity index (χ1n) is 3.37. The molecule has 0 aromatic rings. The highest BCUT2D eigenvalue weighted by atomic mass is 16.1. The lowest BCUT2D eigenvalue weighted by molar-refractivity contribution is -0.120. The SMILES string of the molecule is O=C[B]N1CCCC(=O)C1. The van der Waals surface area contributed by atoms with E-state index in [0.29, 0.717) is 13.0 Å². The van der Waals surface area contributed by atoms with Crippen molar-refractivity contribution in [2.24, 2.45) is 0 Å². The van der Waals surface area contributed by atoms with Crippen LogP contribution in [0, 0.1) is 0 Å². The normalized spacial score (nSPS) is 20.6. The summed E-state index contributed by atoms with van der Waals surface area (Å²) in [5, 5.41) is 0. The van der Waals surface area contributed by atoms with Crippen LogP contribution in [0.3, 0.4) is 0 Å². The maximum atomic E-state index is 10.8. The molecule has 1 aliphatic heterocycles. The molecule has 0 amide bonds. The molecule has 1 heterocycles. The van der Waals surface area contributed by atoms with Gasteiger partial charge in [0.15, 0.2) is 0 Å². The van der Waals surface area contributed by atoms with E-state index in [4.69, 9.17) is 0 Å². The van der Waals surface area contributed by atoms with E-state index in [0.717, 1.165) is 19.2 Å². The molecule has 1 rings (SSSR count). The van der Waals surface area contributed by atoms with Crippen molar-refractivity contribution in [3.8, 4) is 0 Å². The quantitative estimate of drug-likeness (QED) is 0.379. The second-order valence-corrected chi connectivity index (χ2v) is 2.40. The van der Waals surface area contributed by atoms with Crippen LogP contribution in [-0.2, 0) is 9.59 Å². The number of piperidine rings is 1. The summed E-state index contributed by atoms with van der Waals surface area (Å²) in [6, 6.07) is 0. The Kier molecular flexibility index (Phi) is 2.62. The minimum absolute atomic E-state index is 0.226. The Bertz CT molecular complexity index is 149. The third kappa shape index (κ3) is 1.95. The molecule has 0 unspecified atom stereocenters. The standard InChI is InChI=1S/C6H9BNO2/c9-5-7-8-3-1-2-6(10)4-8/h5H,1-4H2. The molecule has 0 aromatic heterocycles. The van der Waals surface area contributed by atoms with Crippen LogP contribution in [0.2, 0.25) is 0 Å². The molecule has 1 aliphatic rings. The average Bonchev–Trinajstić information content (AvgIpc) is 1.88. The molecule has 4 heteroatoms. The average molecular weight is 138 g/mol. The summed E-state index contributed by atoms with van der Waals surface area (Å²) in [6.45, 7) is 1.25. The summed E-state index contributed by atoms with van der Waals surface area (Å²) in [7, 11) is 1.43. The minimum Gasteiger partial charge on any atom is -0.334 e. The third-order valence-corrected chi connectivity index (χ3v) is 1.55. The monoisotopic (exact) mass is 138 g/mol. The highest BCUT2D eigenvalue weighted by Crippen LogP contribution is 2.02. The molecule has 3 nitrogen and oxygen atoms in total. The highest BCUT2D eigenvalue weighted by Gasteiger charge is 2.15. The van der Waals surface area contributed by atoms with Gasteiger partial charge in [0.05, 0.1) is 6.19 Å². The first-order valence-corrected chi connectivity index (χ1v) is 3.37. The first-order chi connectivity index (χ1) is 4.83. The van der Waals surface area contributed by atoms with E-state index in [1.54, 1.807) is 4.81 Å². The lowest BCUT2D eigenvalue weighted by Crippen LogP contribution is -2.38. The number of nitrogens with zero attached hydrogens (tertiary/aromatic N) is 1. The van der Waals surface area contributed by atoms with Crippen LogP contribution >= 0.6 is 0 Å². The van der Waals surface area contributed by atoms with Crippen LogP contribution in [0.5, 0.6) is 0 Å². The summed E-state index contributed by atoms with van der Waals surface area (Å²) < 4.78 is 0. The predicted octanol–water partition coefficient (Wildman–Crippen LogP) is -0.539. The zero-order valence-corrected chi connectivity index (χ0v) is 5.75. The fourth-order valence-corrected chi connectivity index (χ4v) is 1.08. The summed E-state index contributed by atoms with van der Waals surface area (Å²) >= 11 is 0. The van der Waals surface area contributed by atoms with E-state index < -0.39 is 0 Å². The molecular formula is C6H9BNO2. The van der Waals surface area contributed by atoms with Gasteiger partial charge in [-0.3, -0.25) is 4.79 Å². The molecule has 1 saturated heterocycles. The number of rotatable bonds is 2. The topological polar surface area (TPSA) is 37.4 Å². The number of hydrogen-bond donors (Lipinski definition) is 0. The van der Waals surface area contributed by atoms with Crippen molar-refractivity contribution in [1.82, 2.24) is 4.81 Å².